The lowest BCUT2D eigenvalue weighted by molar-refractivity contribution is -0.163. The van der Waals surface area contributed by atoms with E-state index in [1.807, 2.05) is 19.9 Å². The Kier molecular flexibility index (Phi) is 7.74. The number of rotatable bonds is 8. The third-order valence-electron chi connectivity index (χ3n) is 3.91. The molecule has 0 saturated carbocycles. The Morgan fingerprint density at radius 2 is 1.50 bits per heavy atom. The molecular weight excluding hydrogens is 302 g/mol. The molecule has 0 bridgehead atoms. The first-order chi connectivity index (χ1) is 11.1. The van der Waals surface area contributed by atoms with Crippen LogP contribution in [-0.2, 0) is 9.53 Å². The summed E-state index contributed by atoms with van der Waals surface area (Å²) in [6, 6.07) is 5.56. The van der Waals surface area contributed by atoms with Gasteiger partial charge in [-0.2, -0.15) is 0 Å². The minimum absolute atomic E-state index is 0.324. The Balaban J connectivity index is 2.90. The van der Waals surface area contributed by atoms with Crippen LogP contribution in [0, 0.1) is 5.92 Å². The first-order valence-electron chi connectivity index (χ1n) is 8.89. The smallest absolute Gasteiger partial charge is 0.325 e. The lowest BCUT2D eigenvalue weighted by Crippen LogP contribution is -2.36. The van der Waals surface area contributed by atoms with Crippen molar-refractivity contribution in [2.45, 2.75) is 79.1 Å². The van der Waals surface area contributed by atoms with Gasteiger partial charge in [-0.05, 0) is 35.3 Å². The highest BCUT2D eigenvalue weighted by Gasteiger charge is 2.22. The van der Waals surface area contributed by atoms with Gasteiger partial charge in [0.05, 0.1) is 0 Å². The second-order valence-electron chi connectivity index (χ2n) is 7.43. The second-order valence-corrected chi connectivity index (χ2v) is 7.43. The molecule has 136 valence electrons. The summed E-state index contributed by atoms with van der Waals surface area (Å²) in [5, 5.41) is 0. The summed E-state index contributed by atoms with van der Waals surface area (Å²) in [6.45, 7) is 14.3. The molecule has 1 rings (SSSR count). The van der Waals surface area contributed by atoms with Crippen molar-refractivity contribution < 1.29 is 14.3 Å². The molecule has 0 aliphatic rings. The van der Waals surface area contributed by atoms with Gasteiger partial charge in [0.25, 0.3) is 0 Å². The highest BCUT2D eigenvalue weighted by atomic mass is 16.7. The zero-order chi connectivity index (χ0) is 18.4. The van der Waals surface area contributed by atoms with E-state index >= 15 is 0 Å². The first kappa shape index (κ1) is 20.5. The van der Waals surface area contributed by atoms with Gasteiger partial charge in [0.1, 0.15) is 11.8 Å². The third-order valence-corrected chi connectivity index (χ3v) is 3.91. The van der Waals surface area contributed by atoms with Crippen molar-refractivity contribution in [3.8, 4) is 5.75 Å². The van der Waals surface area contributed by atoms with Gasteiger partial charge < -0.3 is 15.2 Å². The number of hydrogen-bond acceptors (Lipinski definition) is 4. The average Bonchev–Trinajstić information content (AvgIpc) is 2.45. The lowest BCUT2D eigenvalue weighted by Gasteiger charge is -2.24. The van der Waals surface area contributed by atoms with Gasteiger partial charge in [-0.15, -0.1) is 0 Å². The molecule has 0 aliphatic heterocycles. The zero-order valence-electron chi connectivity index (χ0n) is 16.1. The van der Waals surface area contributed by atoms with Gasteiger partial charge >= 0.3 is 5.97 Å². The maximum atomic E-state index is 12.1. The predicted molar refractivity (Wildman–Crippen MR) is 98.2 cm³/mol. The molecule has 2 N–H and O–H groups in total. The number of carbonyl (C=O) groups is 1. The second kappa shape index (κ2) is 9.07. The van der Waals surface area contributed by atoms with E-state index < -0.39 is 18.3 Å². The van der Waals surface area contributed by atoms with E-state index in [9.17, 15) is 4.79 Å². The standard InChI is InChI=1S/C20H33NO3/c1-12(2)11-18(21)20(22)24-15(7)23-19-16(13(3)4)9-8-10-17(19)14(5)6/h8-10,12-15,18H,11,21H2,1-7H3. The molecule has 0 amide bonds. The van der Waals surface area contributed by atoms with E-state index in [4.69, 9.17) is 15.2 Å². The number of carbonyl (C=O) groups excluding carboxylic acids is 1. The van der Waals surface area contributed by atoms with Gasteiger partial charge in [0.2, 0.25) is 6.29 Å². The summed E-state index contributed by atoms with van der Waals surface area (Å²) in [7, 11) is 0. The van der Waals surface area contributed by atoms with Crippen molar-refractivity contribution in [2.24, 2.45) is 11.7 Å². The van der Waals surface area contributed by atoms with E-state index in [1.165, 1.54) is 0 Å². The third kappa shape index (κ3) is 5.82. The van der Waals surface area contributed by atoms with Crippen molar-refractivity contribution in [3.05, 3.63) is 29.3 Å². The van der Waals surface area contributed by atoms with Gasteiger partial charge in [0, 0.05) is 6.92 Å². The van der Waals surface area contributed by atoms with Crippen molar-refractivity contribution in [2.75, 3.05) is 0 Å². The number of nitrogens with two attached hydrogens (primary N) is 1. The Bertz CT molecular complexity index is 511. The van der Waals surface area contributed by atoms with E-state index in [0.29, 0.717) is 24.2 Å². The van der Waals surface area contributed by atoms with Crippen LogP contribution in [0.15, 0.2) is 18.2 Å². The lowest BCUT2D eigenvalue weighted by atomic mass is 9.94. The largest absolute Gasteiger partial charge is 0.454 e. The quantitative estimate of drug-likeness (QED) is 0.558. The summed E-state index contributed by atoms with van der Waals surface area (Å²) in [5.41, 5.74) is 8.13. The maximum absolute atomic E-state index is 12.1. The molecule has 0 aliphatic carbocycles. The number of esters is 1. The summed E-state index contributed by atoms with van der Waals surface area (Å²) in [6.07, 6.45) is -0.0705. The van der Waals surface area contributed by atoms with Crippen molar-refractivity contribution in [1.82, 2.24) is 0 Å². The SMILES string of the molecule is CC(C)CC(N)C(=O)OC(C)Oc1c(C(C)C)cccc1C(C)C. The van der Waals surface area contributed by atoms with E-state index in [-0.39, 0.29) is 0 Å². The summed E-state index contributed by atoms with van der Waals surface area (Å²) < 4.78 is 11.4. The summed E-state index contributed by atoms with van der Waals surface area (Å²) in [5.74, 6) is 1.40. The molecule has 1 aromatic rings. The Morgan fingerprint density at radius 1 is 1.00 bits per heavy atom. The molecular formula is C20H33NO3. The Labute approximate surface area is 146 Å². The van der Waals surface area contributed by atoms with Gasteiger partial charge in [-0.1, -0.05) is 59.7 Å². The van der Waals surface area contributed by atoms with Gasteiger partial charge in [-0.25, -0.2) is 0 Å². The Hall–Kier alpha value is -1.55. The van der Waals surface area contributed by atoms with Crippen molar-refractivity contribution in [1.29, 1.82) is 0 Å². The molecule has 0 spiro atoms. The minimum atomic E-state index is -0.673. The van der Waals surface area contributed by atoms with E-state index in [2.05, 4.69) is 39.8 Å². The van der Waals surface area contributed by atoms with Crippen LogP contribution < -0.4 is 10.5 Å². The summed E-state index contributed by atoms with van der Waals surface area (Å²) in [4.78, 5) is 12.1. The molecule has 2 unspecified atom stereocenters. The van der Waals surface area contributed by atoms with Crippen LogP contribution in [-0.4, -0.2) is 18.3 Å². The zero-order valence-corrected chi connectivity index (χ0v) is 16.1. The van der Waals surface area contributed by atoms with Gasteiger partial charge in [0.15, 0.2) is 0 Å². The number of hydrogen-bond donors (Lipinski definition) is 1. The molecule has 0 saturated heterocycles. The van der Waals surface area contributed by atoms with Crippen molar-refractivity contribution >= 4 is 5.97 Å². The molecule has 0 radical (unpaired) electrons. The highest BCUT2D eigenvalue weighted by Crippen LogP contribution is 2.35. The average molecular weight is 335 g/mol. The fraction of sp³-hybridized carbons (Fsp3) is 0.650. The van der Waals surface area contributed by atoms with Crippen LogP contribution in [0.3, 0.4) is 0 Å². The maximum Gasteiger partial charge on any atom is 0.325 e. The monoisotopic (exact) mass is 335 g/mol. The fourth-order valence-electron chi connectivity index (χ4n) is 2.66. The summed E-state index contributed by atoms with van der Waals surface area (Å²) >= 11 is 0. The minimum Gasteiger partial charge on any atom is -0.454 e. The highest BCUT2D eigenvalue weighted by molar-refractivity contribution is 5.75. The molecule has 0 heterocycles. The first-order valence-corrected chi connectivity index (χ1v) is 8.89. The van der Waals surface area contributed by atoms with Crippen LogP contribution in [0.5, 0.6) is 5.75 Å². The molecule has 4 nitrogen and oxygen atoms in total. The van der Waals surface area contributed by atoms with Crippen LogP contribution in [0.2, 0.25) is 0 Å². The molecule has 1 aromatic carbocycles. The number of para-hydroxylation sites is 1. The van der Waals surface area contributed by atoms with Gasteiger partial charge in [-0.3, -0.25) is 4.79 Å². The number of ether oxygens (including phenoxy) is 2. The Morgan fingerprint density at radius 3 is 1.92 bits per heavy atom. The topological polar surface area (TPSA) is 61.6 Å². The van der Waals surface area contributed by atoms with Crippen molar-refractivity contribution in [3.63, 3.8) is 0 Å². The normalized spacial score (nSPS) is 14.1. The van der Waals surface area contributed by atoms with E-state index in [0.717, 1.165) is 16.9 Å². The molecule has 2 atom stereocenters. The molecule has 0 aromatic heterocycles. The van der Waals surface area contributed by atoms with Crippen LogP contribution in [0.1, 0.15) is 77.8 Å². The van der Waals surface area contributed by atoms with Crippen LogP contribution in [0.25, 0.3) is 0 Å². The fourth-order valence-corrected chi connectivity index (χ4v) is 2.66. The van der Waals surface area contributed by atoms with E-state index in [1.54, 1.807) is 6.92 Å². The molecule has 24 heavy (non-hydrogen) atoms. The van der Waals surface area contributed by atoms with Crippen LogP contribution >= 0.6 is 0 Å². The predicted octanol–water partition coefficient (Wildman–Crippen LogP) is 4.57. The number of benzene rings is 1. The molecule has 4 heteroatoms. The molecule has 0 fully saturated rings. The van der Waals surface area contributed by atoms with Crippen LogP contribution in [0.4, 0.5) is 0 Å².